The van der Waals surface area contributed by atoms with E-state index in [1.54, 1.807) is 6.07 Å². The summed E-state index contributed by atoms with van der Waals surface area (Å²) in [7, 11) is 0. The van der Waals surface area contributed by atoms with E-state index in [-0.39, 0.29) is 0 Å². The summed E-state index contributed by atoms with van der Waals surface area (Å²) < 4.78 is 1.80. The molecule has 0 aliphatic rings. The molecule has 0 bridgehead atoms. The van der Waals surface area contributed by atoms with E-state index in [0.29, 0.717) is 16.4 Å². The van der Waals surface area contributed by atoms with Gasteiger partial charge in [0.15, 0.2) is 0 Å². The van der Waals surface area contributed by atoms with Crippen LogP contribution in [-0.2, 0) is 0 Å². The van der Waals surface area contributed by atoms with Gasteiger partial charge in [0.2, 0.25) is 5.95 Å². The number of hydrogen-bond donors (Lipinski definition) is 2. The molecule has 1 aromatic heterocycles. The first kappa shape index (κ1) is 11.6. The lowest BCUT2D eigenvalue weighted by Crippen LogP contribution is -2.00. The topological polar surface area (TPSA) is 63.8 Å². The summed E-state index contributed by atoms with van der Waals surface area (Å²) >= 11 is 5.51. The van der Waals surface area contributed by atoms with Gasteiger partial charge in [-0.05, 0) is 56.7 Å². The van der Waals surface area contributed by atoms with E-state index >= 15 is 0 Å². The van der Waals surface area contributed by atoms with E-state index in [4.69, 9.17) is 5.73 Å². The van der Waals surface area contributed by atoms with Crippen LogP contribution in [0.25, 0.3) is 0 Å². The highest BCUT2D eigenvalue weighted by Gasteiger charge is 2.01. The molecule has 2 rings (SSSR count). The lowest BCUT2D eigenvalue weighted by molar-refractivity contribution is 1.15. The number of hydrogen-bond acceptors (Lipinski definition) is 4. The molecule has 4 nitrogen and oxygen atoms in total. The van der Waals surface area contributed by atoms with Crippen LogP contribution in [0.2, 0.25) is 0 Å². The smallest absolute Gasteiger partial charge is 0.230 e. The first-order valence-electron chi connectivity index (χ1n) is 4.46. The summed E-state index contributed by atoms with van der Waals surface area (Å²) in [6.45, 7) is 0. The fraction of sp³-hybridized carbons (Fsp3) is 0. The minimum absolute atomic E-state index is 0.426. The average molecular weight is 391 g/mol. The van der Waals surface area contributed by atoms with Crippen molar-refractivity contribution >= 4 is 56.0 Å². The van der Waals surface area contributed by atoms with E-state index in [1.165, 1.54) is 0 Å². The number of aromatic nitrogens is 2. The number of nitrogen functional groups attached to an aromatic ring is 1. The van der Waals surface area contributed by atoms with E-state index < -0.39 is 0 Å². The third-order valence-corrected chi connectivity index (χ3v) is 2.87. The second-order valence-electron chi connectivity index (χ2n) is 3.07. The average Bonchev–Trinajstić information content (AvgIpc) is 2.15. The van der Waals surface area contributed by atoms with Crippen molar-refractivity contribution in [3.8, 4) is 0 Å². The largest absolute Gasteiger partial charge is 0.383 e. The zero-order chi connectivity index (χ0) is 11.5. The Morgan fingerprint density at radius 1 is 1.25 bits per heavy atom. The van der Waals surface area contributed by atoms with Crippen molar-refractivity contribution in [3.63, 3.8) is 0 Å². The second-order valence-corrected chi connectivity index (χ2v) is 5.13. The molecule has 16 heavy (non-hydrogen) atoms. The van der Waals surface area contributed by atoms with Crippen LogP contribution in [0.5, 0.6) is 0 Å². The van der Waals surface area contributed by atoms with Gasteiger partial charge in [-0.15, -0.1) is 0 Å². The quantitative estimate of drug-likeness (QED) is 0.610. The Bertz CT molecular complexity index is 498. The maximum Gasteiger partial charge on any atom is 0.230 e. The van der Waals surface area contributed by atoms with E-state index in [0.717, 1.165) is 9.26 Å². The minimum Gasteiger partial charge on any atom is -0.383 e. The van der Waals surface area contributed by atoms with Gasteiger partial charge < -0.3 is 11.1 Å². The summed E-state index contributed by atoms with van der Waals surface area (Å²) in [6.07, 6.45) is 0. The molecule has 0 unspecified atom stereocenters. The van der Waals surface area contributed by atoms with Crippen molar-refractivity contribution in [2.24, 2.45) is 0 Å². The van der Waals surface area contributed by atoms with Crippen LogP contribution in [0.1, 0.15) is 0 Å². The molecule has 0 radical (unpaired) electrons. The molecule has 1 heterocycles. The lowest BCUT2D eigenvalue weighted by Gasteiger charge is -2.05. The lowest BCUT2D eigenvalue weighted by atomic mass is 10.3. The molecule has 0 saturated heterocycles. The number of nitrogens with zero attached hydrogens (tertiary/aromatic N) is 2. The number of halogens is 2. The van der Waals surface area contributed by atoms with Crippen molar-refractivity contribution in [1.29, 1.82) is 0 Å². The standard InChI is InChI=1S/C10H8BrIN4/c11-8-5-9(13)16-10(15-8)14-7-3-1-2-6(12)4-7/h1-5H,(H3,13,14,15,16). The van der Waals surface area contributed by atoms with E-state index in [1.807, 2.05) is 24.3 Å². The van der Waals surface area contributed by atoms with Gasteiger partial charge in [-0.3, -0.25) is 0 Å². The Morgan fingerprint density at radius 2 is 2.06 bits per heavy atom. The molecule has 2 aromatic rings. The molecule has 0 spiro atoms. The SMILES string of the molecule is Nc1cc(Br)nc(Nc2cccc(I)c2)n1. The highest BCUT2D eigenvalue weighted by molar-refractivity contribution is 14.1. The van der Waals surface area contributed by atoms with Gasteiger partial charge in [-0.2, -0.15) is 4.98 Å². The Hall–Kier alpha value is -0.890. The summed E-state index contributed by atoms with van der Waals surface area (Å²) in [5, 5.41) is 3.09. The van der Waals surface area contributed by atoms with Crippen LogP contribution < -0.4 is 11.1 Å². The van der Waals surface area contributed by atoms with Crippen molar-refractivity contribution in [1.82, 2.24) is 9.97 Å². The van der Waals surface area contributed by atoms with Crippen LogP contribution >= 0.6 is 38.5 Å². The first-order valence-corrected chi connectivity index (χ1v) is 6.33. The molecule has 0 aliphatic carbocycles. The number of nitrogens with one attached hydrogen (secondary N) is 1. The van der Waals surface area contributed by atoms with Crippen LogP contribution in [0, 0.1) is 3.57 Å². The predicted octanol–water partition coefficient (Wildman–Crippen LogP) is 3.17. The highest BCUT2D eigenvalue weighted by Crippen LogP contribution is 2.18. The molecular weight excluding hydrogens is 383 g/mol. The maximum atomic E-state index is 5.62. The molecule has 0 aliphatic heterocycles. The highest BCUT2D eigenvalue weighted by atomic mass is 127. The summed E-state index contributed by atoms with van der Waals surface area (Å²) in [4.78, 5) is 8.25. The molecule has 82 valence electrons. The van der Waals surface area contributed by atoms with Gasteiger partial charge in [-0.1, -0.05) is 6.07 Å². The fourth-order valence-corrected chi connectivity index (χ4v) is 2.13. The van der Waals surface area contributed by atoms with E-state index in [2.05, 4.69) is 53.8 Å². The number of nitrogens with two attached hydrogens (primary N) is 1. The zero-order valence-corrected chi connectivity index (χ0v) is 11.9. The Kier molecular flexibility index (Phi) is 3.59. The van der Waals surface area contributed by atoms with E-state index in [9.17, 15) is 0 Å². The first-order chi connectivity index (χ1) is 7.63. The van der Waals surface area contributed by atoms with Gasteiger partial charge in [0.25, 0.3) is 0 Å². The van der Waals surface area contributed by atoms with Gasteiger partial charge in [-0.25, -0.2) is 4.98 Å². The summed E-state index contributed by atoms with van der Waals surface area (Å²) in [6, 6.07) is 9.58. The Balaban J connectivity index is 2.27. The Morgan fingerprint density at radius 3 is 2.75 bits per heavy atom. The molecule has 3 N–H and O–H groups in total. The van der Waals surface area contributed by atoms with Crippen molar-refractivity contribution < 1.29 is 0 Å². The Labute approximate surface area is 115 Å². The normalized spacial score (nSPS) is 10.1. The van der Waals surface area contributed by atoms with Crippen LogP contribution in [0.15, 0.2) is 34.9 Å². The molecule has 6 heteroatoms. The van der Waals surface area contributed by atoms with Crippen LogP contribution in [0.3, 0.4) is 0 Å². The van der Waals surface area contributed by atoms with Crippen LogP contribution in [0.4, 0.5) is 17.5 Å². The molecule has 0 amide bonds. The van der Waals surface area contributed by atoms with Crippen molar-refractivity contribution in [2.45, 2.75) is 0 Å². The van der Waals surface area contributed by atoms with Gasteiger partial charge in [0.05, 0.1) is 0 Å². The molecule has 0 fully saturated rings. The van der Waals surface area contributed by atoms with Gasteiger partial charge in [0, 0.05) is 15.3 Å². The van der Waals surface area contributed by atoms with Crippen molar-refractivity contribution in [2.75, 3.05) is 11.1 Å². The number of anilines is 3. The second kappa shape index (κ2) is 4.96. The zero-order valence-electron chi connectivity index (χ0n) is 8.11. The van der Waals surface area contributed by atoms with Crippen LogP contribution in [-0.4, -0.2) is 9.97 Å². The molecule has 1 aromatic carbocycles. The summed E-state index contributed by atoms with van der Waals surface area (Å²) in [5.74, 6) is 0.906. The molecule has 0 atom stereocenters. The third-order valence-electron chi connectivity index (χ3n) is 1.80. The van der Waals surface area contributed by atoms with Gasteiger partial charge >= 0.3 is 0 Å². The monoisotopic (exact) mass is 390 g/mol. The molecule has 0 saturated carbocycles. The maximum absolute atomic E-state index is 5.62. The predicted molar refractivity (Wildman–Crippen MR) is 76.6 cm³/mol. The summed E-state index contributed by atoms with van der Waals surface area (Å²) in [5.41, 5.74) is 6.56. The number of rotatable bonds is 2. The fourth-order valence-electron chi connectivity index (χ4n) is 1.19. The third kappa shape index (κ3) is 3.05. The van der Waals surface area contributed by atoms with Gasteiger partial charge in [0.1, 0.15) is 10.4 Å². The number of benzene rings is 1. The minimum atomic E-state index is 0.426. The van der Waals surface area contributed by atoms with Crippen molar-refractivity contribution in [3.05, 3.63) is 38.5 Å². The molecular formula is C10H8BrIN4.